The molecule has 0 aliphatic carbocycles. The van der Waals surface area contributed by atoms with Gasteiger partial charge in [0, 0.05) is 36.5 Å². The number of nitrogens with two attached hydrogens (primary N) is 1. The summed E-state index contributed by atoms with van der Waals surface area (Å²) >= 11 is 1.46. The van der Waals surface area contributed by atoms with Gasteiger partial charge in [0.25, 0.3) is 0 Å². The Morgan fingerprint density at radius 3 is 2.92 bits per heavy atom. The van der Waals surface area contributed by atoms with E-state index in [0.717, 1.165) is 11.8 Å². The van der Waals surface area contributed by atoms with Crippen molar-refractivity contribution in [3.63, 3.8) is 0 Å². The van der Waals surface area contributed by atoms with E-state index in [4.69, 9.17) is 10.5 Å². The van der Waals surface area contributed by atoms with E-state index in [0.29, 0.717) is 22.9 Å². The Balaban J connectivity index is 1.74. The monoisotopic (exact) mass is 364 g/mol. The van der Waals surface area contributed by atoms with Gasteiger partial charge in [0.15, 0.2) is 5.17 Å². The lowest BCUT2D eigenvalue weighted by atomic mass is 9.74. The molecule has 1 fully saturated rings. The normalized spacial score (nSPS) is 29.2. The van der Waals surface area contributed by atoms with E-state index in [9.17, 15) is 8.78 Å². The summed E-state index contributed by atoms with van der Waals surface area (Å²) in [5.41, 5.74) is 6.34. The molecule has 5 nitrogen and oxygen atoms in total. The smallest absolute Gasteiger partial charge is 0.154 e. The van der Waals surface area contributed by atoms with Crippen LogP contribution in [0.2, 0.25) is 0 Å². The van der Waals surface area contributed by atoms with Gasteiger partial charge in [-0.3, -0.25) is 4.68 Å². The maximum Gasteiger partial charge on any atom is 0.154 e. The van der Waals surface area contributed by atoms with Crippen molar-refractivity contribution in [2.24, 2.45) is 23.7 Å². The van der Waals surface area contributed by atoms with E-state index >= 15 is 0 Å². The van der Waals surface area contributed by atoms with Gasteiger partial charge in [-0.2, -0.15) is 5.10 Å². The Kier molecular flexibility index (Phi) is 4.04. The minimum atomic E-state index is -0.914. The molecule has 25 heavy (non-hydrogen) atoms. The summed E-state index contributed by atoms with van der Waals surface area (Å²) < 4.78 is 35.7. The first-order valence-corrected chi connectivity index (χ1v) is 9.01. The molecule has 2 aliphatic heterocycles. The standard InChI is InChI=1S/C17H18F2N4OS/c1-23-14(4-5-21-23)15-6-10-8-25-16(20)22-17(10,9-24-15)12-3-2-11(18)7-13(12)19/h2-5,7,10,15H,6,8-9H2,1H3,(H2,20,22)/t10-,15+,17-/m0/s1. The Hall–Kier alpha value is -1.93. The molecule has 2 aromatic rings. The maximum atomic E-state index is 14.5. The summed E-state index contributed by atoms with van der Waals surface area (Å²) in [6, 6.07) is 5.52. The second-order valence-corrected chi connectivity index (χ2v) is 7.46. The van der Waals surface area contributed by atoms with Gasteiger partial charge in [-0.15, -0.1) is 0 Å². The molecule has 1 saturated heterocycles. The number of rotatable bonds is 2. The molecule has 2 N–H and O–H groups in total. The number of halogens is 2. The summed E-state index contributed by atoms with van der Waals surface area (Å²) in [6.07, 6.45) is 2.26. The Morgan fingerprint density at radius 2 is 2.20 bits per heavy atom. The number of aliphatic imine (C=N–C) groups is 1. The van der Waals surface area contributed by atoms with Crippen LogP contribution in [0.5, 0.6) is 0 Å². The summed E-state index contributed by atoms with van der Waals surface area (Å²) in [4.78, 5) is 4.58. The minimum absolute atomic E-state index is 0.0263. The largest absolute Gasteiger partial charge is 0.379 e. The molecular formula is C17H18F2N4OS. The Bertz CT molecular complexity index is 840. The predicted molar refractivity (Wildman–Crippen MR) is 92.1 cm³/mol. The number of hydrogen-bond acceptors (Lipinski definition) is 5. The van der Waals surface area contributed by atoms with Crippen molar-refractivity contribution in [1.29, 1.82) is 0 Å². The van der Waals surface area contributed by atoms with E-state index in [1.54, 1.807) is 10.9 Å². The van der Waals surface area contributed by atoms with E-state index in [1.807, 2.05) is 13.1 Å². The first-order valence-electron chi connectivity index (χ1n) is 8.03. The number of ether oxygens (including phenoxy) is 1. The number of fused-ring (bicyclic) bond motifs is 1. The third kappa shape index (κ3) is 2.73. The molecule has 0 radical (unpaired) electrons. The molecule has 0 bridgehead atoms. The number of hydrogen-bond donors (Lipinski definition) is 1. The topological polar surface area (TPSA) is 65.4 Å². The van der Waals surface area contributed by atoms with Crippen LogP contribution in [0.15, 0.2) is 35.5 Å². The summed E-state index contributed by atoms with van der Waals surface area (Å²) in [6.45, 7) is 0.192. The van der Waals surface area contributed by atoms with Crippen LogP contribution in [0, 0.1) is 17.6 Å². The Morgan fingerprint density at radius 1 is 1.36 bits per heavy atom. The first-order chi connectivity index (χ1) is 12.0. The number of aryl methyl sites for hydroxylation is 1. The van der Waals surface area contributed by atoms with Crippen molar-refractivity contribution in [3.05, 3.63) is 53.4 Å². The zero-order valence-corrected chi connectivity index (χ0v) is 14.5. The highest BCUT2D eigenvalue weighted by Gasteiger charge is 2.50. The van der Waals surface area contributed by atoms with E-state index in [2.05, 4.69) is 10.1 Å². The fourth-order valence-corrected chi connectivity index (χ4v) is 4.73. The van der Waals surface area contributed by atoms with Crippen molar-refractivity contribution in [1.82, 2.24) is 9.78 Å². The average molecular weight is 364 g/mol. The molecule has 4 rings (SSSR count). The molecule has 3 heterocycles. The highest BCUT2D eigenvalue weighted by Crippen LogP contribution is 2.49. The number of amidine groups is 1. The molecule has 0 unspecified atom stereocenters. The molecular weight excluding hydrogens is 346 g/mol. The summed E-state index contributed by atoms with van der Waals surface area (Å²) in [5, 5.41) is 4.59. The minimum Gasteiger partial charge on any atom is -0.379 e. The van der Waals surface area contributed by atoms with Crippen molar-refractivity contribution in [3.8, 4) is 0 Å². The number of benzene rings is 1. The number of nitrogens with zero attached hydrogens (tertiary/aromatic N) is 3. The highest BCUT2D eigenvalue weighted by molar-refractivity contribution is 8.13. The third-order valence-electron chi connectivity index (χ3n) is 5.01. The lowest BCUT2D eigenvalue weighted by molar-refractivity contribution is -0.0620. The van der Waals surface area contributed by atoms with Crippen LogP contribution in [0.3, 0.4) is 0 Å². The lowest BCUT2D eigenvalue weighted by Gasteiger charge is -2.46. The quantitative estimate of drug-likeness (QED) is 0.890. The van der Waals surface area contributed by atoms with Crippen LogP contribution in [0.4, 0.5) is 8.78 Å². The van der Waals surface area contributed by atoms with Gasteiger partial charge in [0.05, 0.1) is 18.4 Å². The molecule has 132 valence electrons. The van der Waals surface area contributed by atoms with Gasteiger partial charge >= 0.3 is 0 Å². The fourth-order valence-electron chi connectivity index (χ4n) is 3.72. The van der Waals surface area contributed by atoms with Crippen molar-refractivity contribution >= 4 is 16.9 Å². The predicted octanol–water partition coefficient (Wildman–Crippen LogP) is 2.73. The lowest BCUT2D eigenvalue weighted by Crippen LogP contribution is -2.48. The summed E-state index contributed by atoms with van der Waals surface area (Å²) in [5.74, 6) is -0.487. The van der Waals surface area contributed by atoms with E-state index < -0.39 is 17.2 Å². The van der Waals surface area contributed by atoms with Crippen LogP contribution < -0.4 is 5.73 Å². The van der Waals surface area contributed by atoms with Crippen molar-refractivity contribution < 1.29 is 13.5 Å². The van der Waals surface area contributed by atoms with Crippen LogP contribution in [0.1, 0.15) is 23.8 Å². The molecule has 2 aliphatic rings. The van der Waals surface area contributed by atoms with Gasteiger partial charge in [0.1, 0.15) is 17.2 Å². The van der Waals surface area contributed by atoms with E-state index in [1.165, 1.54) is 23.9 Å². The van der Waals surface area contributed by atoms with Gasteiger partial charge < -0.3 is 10.5 Å². The molecule has 0 saturated carbocycles. The maximum absolute atomic E-state index is 14.5. The second-order valence-electron chi connectivity index (χ2n) is 6.42. The highest BCUT2D eigenvalue weighted by atomic mass is 32.2. The van der Waals surface area contributed by atoms with Gasteiger partial charge in [0.2, 0.25) is 0 Å². The zero-order chi connectivity index (χ0) is 17.6. The molecule has 8 heteroatoms. The third-order valence-corrected chi connectivity index (χ3v) is 5.96. The van der Waals surface area contributed by atoms with Crippen LogP contribution in [-0.4, -0.2) is 27.3 Å². The van der Waals surface area contributed by atoms with Crippen molar-refractivity contribution in [2.75, 3.05) is 12.4 Å². The van der Waals surface area contributed by atoms with Crippen LogP contribution >= 0.6 is 11.8 Å². The van der Waals surface area contributed by atoms with E-state index in [-0.39, 0.29) is 18.6 Å². The van der Waals surface area contributed by atoms with Gasteiger partial charge in [-0.05, 0) is 18.6 Å². The molecule has 0 spiro atoms. The number of aromatic nitrogens is 2. The van der Waals surface area contributed by atoms with Crippen LogP contribution in [0.25, 0.3) is 0 Å². The molecule has 1 aromatic carbocycles. The Labute approximate surface area is 148 Å². The van der Waals surface area contributed by atoms with Gasteiger partial charge in [-0.25, -0.2) is 13.8 Å². The molecule has 1 aromatic heterocycles. The first kappa shape index (κ1) is 16.5. The van der Waals surface area contributed by atoms with Crippen molar-refractivity contribution in [2.45, 2.75) is 18.1 Å². The molecule has 3 atom stereocenters. The average Bonchev–Trinajstić information content (AvgIpc) is 3.00. The summed E-state index contributed by atoms with van der Waals surface area (Å²) in [7, 11) is 1.87. The van der Waals surface area contributed by atoms with Gasteiger partial charge in [-0.1, -0.05) is 17.8 Å². The molecule has 0 amide bonds. The number of thioether (sulfide) groups is 1. The van der Waals surface area contributed by atoms with Crippen LogP contribution in [-0.2, 0) is 17.3 Å². The fraction of sp³-hybridized carbons (Fsp3) is 0.412. The second kappa shape index (κ2) is 6.10. The zero-order valence-electron chi connectivity index (χ0n) is 13.7. The SMILES string of the molecule is Cn1nccc1[C@H]1C[C@H]2CSC(N)=N[C@@]2(c2ccc(F)cc2F)CO1.